The summed E-state index contributed by atoms with van der Waals surface area (Å²) in [6.45, 7) is 7.02. The van der Waals surface area contributed by atoms with Crippen molar-refractivity contribution >= 4 is 11.9 Å². The maximum atomic E-state index is 11.7. The Bertz CT molecular complexity index is 628. The third-order valence-corrected chi connectivity index (χ3v) is 4.47. The lowest BCUT2D eigenvalue weighted by atomic mass is 10.00. The van der Waals surface area contributed by atoms with Gasteiger partial charge < -0.3 is 19.9 Å². The lowest BCUT2D eigenvalue weighted by Gasteiger charge is -2.35. The van der Waals surface area contributed by atoms with Crippen molar-refractivity contribution in [2.45, 2.75) is 26.4 Å². The highest BCUT2D eigenvalue weighted by atomic mass is 16.5. The molecule has 1 aromatic carbocycles. The second-order valence-corrected chi connectivity index (χ2v) is 6.68. The minimum absolute atomic E-state index is 0.0382. The van der Waals surface area contributed by atoms with E-state index in [0.29, 0.717) is 19.6 Å². The molecule has 1 unspecified atom stereocenters. The Balaban J connectivity index is 1.97. The monoisotopic (exact) mass is 346 g/mol. The number of nitrogens with one attached hydrogen (secondary N) is 1. The zero-order chi connectivity index (χ0) is 18.4. The molecule has 0 saturated carbocycles. The maximum Gasteiger partial charge on any atom is 0.223 e. The van der Waals surface area contributed by atoms with Gasteiger partial charge in [-0.2, -0.15) is 0 Å². The molecule has 6 nitrogen and oxygen atoms in total. The number of carbonyl (C=O) groups is 1. The Morgan fingerprint density at radius 1 is 1.40 bits per heavy atom. The summed E-state index contributed by atoms with van der Waals surface area (Å²) >= 11 is 0. The van der Waals surface area contributed by atoms with Crippen molar-refractivity contribution in [2.75, 3.05) is 47.4 Å². The van der Waals surface area contributed by atoms with Crippen LogP contribution in [0.4, 0.5) is 0 Å². The molecule has 1 amide bonds. The molecule has 0 aliphatic carbocycles. The molecule has 0 radical (unpaired) electrons. The summed E-state index contributed by atoms with van der Waals surface area (Å²) in [6.07, 6.45) is 0.493. The van der Waals surface area contributed by atoms with Crippen molar-refractivity contribution in [1.29, 1.82) is 0 Å². The molecule has 1 heterocycles. The normalized spacial score (nSPS) is 18.2. The molecule has 1 N–H and O–H groups in total. The number of ether oxygens (including phenoxy) is 1. The van der Waals surface area contributed by atoms with Gasteiger partial charge in [0.05, 0.1) is 13.2 Å². The maximum absolute atomic E-state index is 11.7. The molecule has 2 rings (SSSR count). The fourth-order valence-corrected chi connectivity index (χ4v) is 3.05. The number of rotatable bonds is 4. The standard InChI is InChI=1S/C19H30N4O2/c1-14-6-7-16(15(2)12-14)17-13-23(10-11-25-17)19(20-3)21-9-8-18(24)22(4)5/h6-7,12,17H,8-11,13H2,1-5H3,(H,20,21). The number of morpholine rings is 1. The van der Waals surface area contributed by atoms with Crippen molar-refractivity contribution < 1.29 is 9.53 Å². The first-order valence-electron chi connectivity index (χ1n) is 8.77. The molecular weight excluding hydrogens is 316 g/mol. The highest BCUT2D eigenvalue weighted by Gasteiger charge is 2.25. The summed E-state index contributed by atoms with van der Waals surface area (Å²) in [4.78, 5) is 19.9. The molecule has 1 aliphatic rings. The van der Waals surface area contributed by atoms with Crippen LogP contribution in [0.1, 0.15) is 29.2 Å². The predicted molar refractivity (Wildman–Crippen MR) is 101 cm³/mol. The first-order valence-corrected chi connectivity index (χ1v) is 8.77. The van der Waals surface area contributed by atoms with Crippen LogP contribution in [0, 0.1) is 13.8 Å². The lowest BCUT2D eigenvalue weighted by Crippen LogP contribution is -2.48. The van der Waals surface area contributed by atoms with E-state index in [1.807, 2.05) is 0 Å². The number of nitrogens with zero attached hydrogens (tertiary/aromatic N) is 3. The van der Waals surface area contributed by atoms with Crippen LogP contribution < -0.4 is 5.32 Å². The van der Waals surface area contributed by atoms with Crippen LogP contribution in [-0.4, -0.2) is 69.1 Å². The fraction of sp³-hybridized carbons (Fsp3) is 0.579. The number of amides is 1. The Kier molecular flexibility index (Phi) is 6.82. The van der Waals surface area contributed by atoms with E-state index in [2.05, 4.69) is 47.3 Å². The molecule has 0 bridgehead atoms. The van der Waals surface area contributed by atoms with E-state index in [1.54, 1.807) is 26.0 Å². The molecule has 1 atom stereocenters. The molecule has 1 fully saturated rings. The second kappa shape index (κ2) is 8.85. The third kappa shape index (κ3) is 5.19. The predicted octanol–water partition coefficient (Wildman–Crippen LogP) is 1.73. The summed E-state index contributed by atoms with van der Waals surface area (Å²) in [5, 5.41) is 3.29. The van der Waals surface area contributed by atoms with Crippen molar-refractivity contribution in [3.63, 3.8) is 0 Å². The number of hydrogen-bond donors (Lipinski definition) is 1. The minimum Gasteiger partial charge on any atom is -0.370 e. The highest BCUT2D eigenvalue weighted by molar-refractivity contribution is 5.81. The summed E-state index contributed by atoms with van der Waals surface area (Å²) in [5.41, 5.74) is 3.75. The van der Waals surface area contributed by atoms with Gasteiger partial charge in [0.15, 0.2) is 5.96 Å². The number of benzene rings is 1. The van der Waals surface area contributed by atoms with Crippen LogP contribution in [-0.2, 0) is 9.53 Å². The molecule has 1 aromatic rings. The van der Waals surface area contributed by atoms with Crippen molar-refractivity contribution in [1.82, 2.24) is 15.1 Å². The zero-order valence-corrected chi connectivity index (χ0v) is 16.0. The molecule has 1 saturated heterocycles. The van der Waals surface area contributed by atoms with Gasteiger partial charge in [-0.05, 0) is 25.0 Å². The SMILES string of the molecule is CN=C(NCCC(=O)N(C)C)N1CCOC(c2ccc(C)cc2C)C1. The van der Waals surface area contributed by atoms with Crippen molar-refractivity contribution in [2.24, 2.45) is 4.99 Å². The van der Waals surface area contributed by atoms with E-state index in [1.165, 1.54) is 16.7 Å². The number of carbonyl (C=O) groups excluding carboxylic acids is 1. The average Bonchev–Trinajstić information content (AvgIpc) is 2.58. The van der Waals surface area contributed by atoms with Crippen LogP contribution >= 0.6 is 0 Å². The van der Waals surface area contributed by atoms with Crippen LogP contribution in [0.3, 0.4) is 0 Å². The minimum atomic E-state index is 0.0382. The first kappa shape index (κ1) is 19.2. The van der Waals surface area contributed by atoms with Gasteiger partial charge in [0.1, 0.15) is 6.10 Å². The van der Waals surface area contributed by atoms with Gasteiger partial charge in [-0.25, -0.2) is 0 Å². The Hall–Kier alpha value is -2.08. The molecule has 1 aliphatic heterocycles. The van der Waals surface area contributed by atoms with Gasteiger partial charge in [-0.3, -0.25) is 9.79 Å². The Labute approximate surface area is 150 Å². The molecule has 25 heavy (non-hydrogen) atoms. The van der Waals surface area contributed by atoms with Crippen LogP contribution in [0.2, 0.25) is 0 Å². The Morgan fingerprint density at radius 2 is 2.16 bits per heavy atom. The van der Waals surface area contributed by atoms with Crippen LogP contribution in [0.25, 0.3) is 0 Å². The average molecular weight is 346 g/mol. The zero-order valence-electron chi connectivity index (χ0n) is 16.0. The van der Waals surface area contributed by atoms with E-state index >= 15 is 0 Å². The highest BCUT2D eigenvalue weighted by Crippen LogP contribution is 2.25. The van der Waals surface area contributed by atoms with E-state index in [4.69, 9.17) is 4.74 Å². The molecule has 0 spiro atoms. The van der Waals surface area contributed by atoms with Crippen molar-refractivity contribution in [3.05, 3.63) is 34.9 Å². The van der Waals surface area contributed by atoms with Gasteiger partial charge in [0.2, 0.25) is 5.91 Å². The quantitative estimate of drug-likeness (QED) is 0.666. The van der Waals surface area contributed by atoms with Gasteiger partial charge in [-0.1, -0.05) is 23.8 Å². The summed E-state index contributed by atoms with van der Waals surface area (Å²) < 4.78 is 6.00. The molecule has 6 heteroatoms. The smallest absolute Gasteiger partial charge is 0.223 e. The van der Waals surface area contributed by atoms with E-state index in [9.17, 15) is 4.79 Å². The molecule has 138 valence electrons. The summed E-state index contributed by atoms with van der Waals surface area (Å²) in [6, 6.07) is 6.48. The summed E-state index contributed by atoms with van der Waals surface area (Å²) in [7, 11) is 5.32. The van der Waals surface area contributed by atoms with Gasteiger partial charge in [0, 0.05) is 40.7 Å². The van der Waals surface area contributed by atoms with E-state index in [-0.39, 0.29) is 12.0 Å². The number of aryl methyl sites for hydroxylation is 2. The Morgan fingerprint density at radius 3 is 2.80 bits per heavy atom. The second-order valence-electron chi connectivity index (χ2n) is 6.68. The van der Waals surface area contributed by atoms with Crippen molar-refractivity contribution in [3.8, 4) is 0 Å². The summed E-state index contributed by atoms with van der Waals surface area (Å²) in [5.74, 6) is 0.933. The van der Waals surface area contributed by atoms with Crippen LogP contribution in [0.15, 0.2) is 23.2 Å². The molecule has 0 aromatic heterocycles. The lowest BCUT2D eigenvalue weighted by molar-refractivity contribution is -0.128. The topological polar surface area (TPSA) is 57.2 Å². The van der Waals surface area contributed by atoms with Crippen LogP contribution in [0.5, 0.6) is 0 Å². The van der Waals surface area contributed by atoms with E-state index in [0.717, 1.165) is 19.0 Å². The number of aliphatic imine (C=N–C) groups is 1. The van der Waals surface area contributed by atoms with Gasteiger partial charge in [-0.15, -0.1) is 0 Å². The number of hydrogen-bond acceptors (Lipinski definition) is 3. The first-order chi connectivity index (χ1) is 11.9. The number of guanidine groups is 1. The third-order valence-electron chi connectivity index (χ3n) is 4.47. The largest absolute Gasteiger partial charge is 0.370 e. The van der Waals surface area contributed by atoms with E-state index < -0.39 is 0 Å². The van der Waals surface area contributed by atoms with Gasteiger partial charge >= 0.3 is 0 Å². The van der Waals surface area contributed by atoms with Gasteiger partial charge in [0.25, 0.3) is 0 Å². The fourth-order valence-electron chi connectivity index (χ4n) is 3.05. The molecular formula is C19H30N4O2.